The molecule has 0 unspecified atom stereocenters. The van der Waals surface area contributed by atoms with Crippen LogP contribution in [-0.2, 0) is 0 Å². The van der Waals surface area contributed by atoms with Crippen molar-refractivity contribution >= 4 is 5.91 Å². The minimum atomic E-state index is -0.0373. The molecule has 0 atom stereocenters. The first-order valence-electron chi connectivity index (χ1n) is 8.13. The van der Waals surface area contributed by atoms with Gasteiger partial charge in [-0.3, -0.25) is 9.78 Å². The van der Waals surface area contributed by atoms with Crippen molar-refractivity contribution < 1.29 is 9.32 Å². The predicted molar refractivity (Wildman–Crippen MR) is 84.8 cm³/mol. The highest BCUT2D eigenvalue weighted by atomic mass is 16.5. The second kappa shape index (κ2) is 5.77. The monoisotopic (exact) mass is 312 g/mol. The molecule has 0 radical (unpaired) electrons. The molecule has 23 heavy (non-hydrogen) atoms. The quantitative estimate of drug-likeness (QED) is 0.918. The summed E-state index contributed by atoms with van der Waals surface area (Å²) in [5.74, 6) is 0.541. The number of nitrogens with zero attached hydrogens (tertiary/aromatic N) is 3. The number of carbonyl (C=O) groups excluding carboxylic acids is 1. The van der Waals surface area contributed by atoms with Gasteiger partial charge in [0.1, 0.15) is 0 Å². The molecule has 1 amide bonds. The molecule has 0 saturated carbocycles. The van der Waals surface area contributed by atoms with E-state index < -0.39 is 0 Å². The van der Waals surface area contributed by atoms with Crippen LogP contribution in [-0.4, -0.2) is 47.1 Å². The number of hydrogen-bond donors (Lipinski definition) is 1. The van der Waals surface area contributed by atoms with Crippen molar-refractivity contribution in [1.82, 2.24) is 20.4 Å². The van der Waals surface area contributed by atoms with E-state index in [-0.39, 0.29) is 5.91 Å². The molecular weight excluding hydrogens is 292 g/mol. The highest BCUT2D eigenvalue weighted by molar-refractivity contribution is 5.93. The summed E-state index contributed by atoms with van der Waals surface area (Å²) in [5.41, 5.74) is 1.61. The Morgan fingerprint density at radius 3 is 2.87 bits per heavy atom. The van der Waals surface area contributed by atoms with E-state index in [1.54, 1.807) is 18.5 Å². The zero-order valence-corrected chi connectivity index (χ0v) is 13.0. The predicted octanol–water partition coefficient (Wildman–Crippen LogP) is 1.95. The average molecular weight is 312 g/mol. The zero-order valence-electron chi connectivity index (χ0n) is 13.0. The lowest BCUT2D eigenvalue weighted by atomic mass is 9.78. The standard InChI is InChI=1S/C17H20N4O2/c22-16(21-8-4-17(5-9-21)3-7-19-12-17)14-10-15(23-20-14)13-2-1-6-18-11-13/h1-2,6,10-11,19H,3-5,7-9,12H2. The van der Waals surface area contributed by atoms with Gasteiger partial charge in [0.15, 0.2) is 11.5 Å². The van der Waals surface area contributed by atoms with E-state index >= 15 is 0 Å². The molecule has 2 fully saturated rings. The third-order valence-corrected chi connectivity index (χ3v) is 5.12. The zero-order chi connectivity index (χ0) is 15.7. The summed E-state index contributed by atoms with van der Waals surface area (Å²) in [6.07, 6.45) is 6.77. The van der Waals surface area contributed by atoms with Crippen molar-refractivity contribution in [1.29, 1.82) is 0 Å². The first-order chi connectivity index (χ1) is 11.3. The van der Waals surface area contributed by atoms with Crippen molar-refractivity contribution in [3.63, 3.8) is 0 Å². The number of rotatable bonds is 2. The van der Waals surface area contributed by atoms with Crippen LogP contribution in [0.15, 0.2) is 35.1 Å². The number of pyridine rings is 1. The summed E-state index contributed by atoms with van der Waals surface area (Å²) < 4.78 is 5.31. The molecule has 6 nitrogen and oxygen atoms in total. The molecule has 0 aliphatic carbocycles. The van der Waals surface area contributed by atoms with Gasteiger partial charge in [-0.15, -0.1) is 0 Å². The van der Waals surface area contributed by atoms with Crippen LogP contribution in [0.2, 0.25) is 0 Å². The Morgan fingerprint density at radius 1 is 1.30 bits per heavy atom. The molecule has 2 aliphatic heterocycles. The van der Waals surface area contributed by atoms with E-state index in [1.807, 2.05) is 17.0 Å². The molecular formula is C17H20N4O2. The van der Waals surface area contributed by atoms with Crippen molar-refractivity contribution in [2.24, 2.45) is 5.41 Å². The number of carbonyl (C=O) groups is 1. The van der Waals surface area contributed by atoms with Crippen molar-refractivity contribution in [3.8, 4) is 11.3 Å². The van der Waals surface area contributed by atoms with E-state index in [2.05, 4.69) is 15.5 Å². The van der Waals surface area contributed by atoms with Crippen LogP contribution in [0, 0.1) is 5.41 Å². The molecule has 2 aromatic rings. The summed E-state index contributed by atoms with van der Waals surface area (Å²) in [7, 11) is 0. The van der Waals surface area contributed by atoms with E-state index in [9.17, 15) is 4.79 Å². The summed E-state index contributed by atoms with van der Waals surface area (Å²) in [5, 5.41) is 7.39. The summed E-state index contributed by atoms with van der Waals surface area (Å²) in [4.78, 5) is 18.6. The van der Waals surface area contributed by atoms with E-state index in [4.69, 9.17) is 4.52 Å². The van der Waals surface area contributed by atoms with Gasteiger partial charge >= 0.3 is 0 Å². The van der Waals surface area contributed by atoms with Crippen LogP contribution in [0.4, 0.5) is 0 Å². The number of piperidine rings is 1. The van der Waals surface area contributed by atoms with Crippen LogP contribution in [0.3, 0.4) is 0 Å². The average Bonchev–Trinajstić information content (AvgIpc) is 3.26. The van der Waals surface area contributed by atoms with Crippen molar-refractivity contribution in [2.45, 2.75) is 19.3 Å². The highest BCUT2D eigenvalue weighted by Gasteiger charge is 2.38. The SMILES string of the molecule is O=C(c1cc(-c2cccnc2)on1)N1CCC2(CCNC2)CC1. The summed E-state index contributed by atoms with van der Waals surface area (Å²) in [6.45, 7) is 3.79. The van der Waals surface area contributed by atoms with Crippen LogP contribution in [0.1, 0.15) is 29.8 Å². The Balaban J connectivity index is 1.45. The lowest BCUT2D eigenvalue weighted by Gasteiger charge is -2.38. The maximum atomic E-state index is 12.6. The van der Waals surface area contributed by atoms with Gasteiger partial charge in [-0.25, -0.2) is 0 Å². The van der Waals surface area contributed by atoms with Gasteiger partial charge in [0.05, 0.1) is 0 Å². The third kappa shape index (κ3) is 2.74. The fraction of sp³-hybridized carbons (Fsp3) is 0.471. The minimum Gasteiger partial charge on any atom is -0.355 e. The van der Waals surface area contributed by atoms with Crippen molar-refractivity contribution in [3.05, 3.63) is 36.3 Å². The topological polar surface area (TPSA) is 71.3 Å². The van der Waals surface area contributed by atoms with Gasteiger partial charge in [-0.05, 0) is 43.4 Å². The minimum absolute atomic E-state index is 0.0373. The molecule has 2 saturated heterocycles. The normalized spacial score (nSPS) is 20.1. The molecule has 0 aromatic carbocycles. The maximum Gasteiger partial charge on any atom is 0.276 e. The van der Waals surface area contributed by atoms with Gasteiger partial charge in [-0.1, -0.05) is 5.16 Å². The highest BCUT2D eigenvalue weighted by Crippen LogP contribution is 2.37. The number of likely N-dealkylation sites (tertiary alicyclic amines) is 1. The largest absolute Gasteiger partial charge is 0.355 e. The van der Waals surface area contributed by atoms with Crippen LogP contribution in [0.5, 0.6) is 0 Å². The lowest BCUT2D eigenvalue weighted by Crippen LogP contribution is -2.44. The fourth-order valence-corrected chi connectivity index (χ4v) is 3.59. The van der Waals surface area contributed by atoms with Gasteiger partial charge in [0.2, 0.25) is 0 Å². The first kappa shape index (κ1) is 14.4. The van der Waals surface area contributed by atoms with E-state index in [0.29, 0.717) is 16.9 Å². The molecule has 2 aliphatic rings. The van der Waals surface area contributed by atoms with Crippen molar-refractivity contribution in [2.75, 3.05) is 26.2 Å². The van der Waals surface area contributed by atoms with Crippen LogP contribution < -0.4 is 5.32 Å². The maximum absolute atomic E-state index is 12.6. The van der Waals surface area contributed by atoms with Crippen LogP contribution in [0.25, 0.3) is 11.3 Å². The third-order valence-electron chi connectivity index (χ3n) is 5.12. The molecule has 2 aromatic heterocycles. The number of aromatic nitrogens is 2. The van der Waals surface area contributed by atoms with Gasteiger partial charge in [0, 0.05) is 43.7 Å². The number of amides is 1. The molecule has 1 N–H and O–H groups in total. The fourth-order valence-electron chi connectivity index (χ4n) is 3.59. The second-order valence-corrected chi connectivity index (χ2v) is 6.54. The molecule has 0 bridgehead atoms. The van der Waals surface area contributed by atoms with Gasteiger partial charge in [-0.2, -0.15) is 0 Å². The molecule has 1 spiro atoms. The number of nitrogens with one attached hydrogen (secondary N) is 1. The van der Waals surface area contributed by atoms with Gasteiger partial charge < -0.3 is 14.7 Å². The summed E-state index contributed by atoms with van der Waals surface area (Å²) >= 11 is 0. The van der Waals surface area contributed by atoms with Crippen LogP contribution >= 0.6 is 0 Å². The first-order valence-corrected chi connectivity index (χ1v) is 8.13. The van der Waals surface area contributed by atoms with Gasteiger partial charge in [0.25, 0.3) is 5.91 Å². The molecule has 6 heteroatoms. The van der Waals surface area contributed by atoms with E-state index in [0.717, 1.165) is 44.6 Å². The number of hydrogen-bond acceptors (Lipinski definition) is 5. The summed E-state index contributed by atoms with van der Waals surface area (Å²) in [6, 6.07) is 5.43. The Bertz CT molecular complexity index is 682. The Kier molecular flexibility index (Phi) is 3.61. The Morgan fingerprint density at radius 2 is 2.17 bits per heavy atom. The molecule has 4 heterocycles. The Labute approximate surface area is 134 Å². The smallest absolute Gasteiger partial charge is 0.276 e. The van der Waals surface area contributed by atoms with E-state index in [1.165, 1.54) is 6.42 Å². The molecule has 120 valence electrons. The molecule has 4 rings (SSSR count). The second-order valence-electron chi connectivity index (χ2n) is 6.54. The lowest BCUT2D eigenvalue weighted by molar-refractivity contribution is 0.0598. The Hall–Kier alpha value is -2.21.